The van der Waals surface area contributed by atoms with E-state index in [4.69, 9.17) is 95.0 Å². The van der Waals surface area contributed by atoms with Crippen LogP contribution < -0.4 is 0 Å². The van der Waals surface area contributed by atoms with Crippen LogP contribution in [0.1, 0.15) is 0 Å². The molecule has 1 heterocycles. The number of carbonyl (C=O) groups excluding carboxylic acids is 4. The van der Waals surface area contributed by atoms with Gasteiger partial charge in [-0.15, -0.1) is 0 Å². The summed E-state index contributed by atoms with van der Waals surface area (Å²) in [5, 5.41) is 0. The van der Waals surface area contributed by atoms with E-state index in [-0.39, 0.29) is 106 Å². The zero-order valence-electron chi connectivity index (χ0n) is 20.2. The van der Waals surface area contributed by atoms with Crippen molar-refractivity contribution in [3.05, 3.63) is 0 Å². The van der Waals surface area contributed by atoms with Crippen LogP contribution in [0.15, 0.2) is 0 Å². The van der Waals surface area contributed by atoms with Crippen molar-refractivity contribution in [1.82, 2.24) is 0 Å². The van der Waals surface area contributed by atoms with E-state index in [1.165, 1.54) is 0 Å². The molecule has 0 aromatic heterocycles. The number of hydrogen-bond donors (Lipinski definition) is 0. The summed E-state index contributed by atoms with van der Waals surface area (Å²) >= 11 is -1.64. The Hall–Kier alpha value is 2.68. The number of ether oxygens (including phenoxy) is 8. The SMILES string of the molecule is O=C1OCCOCCOCCOC(=O)C(=O)OCCOCCOCCOC1=O.[Cl][Mn][Cl].[Cl][Mn][Cl].[Cl][Sn][Cl].[Cl][Sn][Cl]. The van der Waals surface area contributed by atoms with E-state index < -0.39 is 61.7 Å². The van der Waals surface area contributed by atoms with Gasteiger partial charge in [0.25, 0.3) is 0 Å². The van der Waals surface area contributed by atoms with E-state index in [0.717, 1.165) is 0 Å². The molecule has 4 radical (unpaired) electrons. The number of cyclic esters (lactones) is 4. The summed E-state index contributed by atoms with van der Waals surface area (Å²) in [6.07, 6.45) is 0. The van der Waals surface area contributed by atoms with E-state index >= 15 is 0 Å². The van der Waals surface area contributed by atoms with Crippen molar-refractivity contribution < 1.29 is 83.3 Å². The van der Waals surface area contributed by atoms with Gasteiger partial charge in [-0.2, -0.15) is 0 Å². The van der Waals surface area contributed by atoms with Crippen LogP contribution in [0.25, 0.3) is 0 Å². The molecule has 40 heavy (non-hydrogen) atoms. The molecule has 1 aliphatic heterocycles. The summed E-state index contributed by atoms with van der Waals surface area (Å²) < 4.78 is 39.2. The van der Waals surface area contributed by atoms with Crippen LogP contribution in [0.3, 0.4) is 0 Å². The van der Waals surface area contributed by atoms with Crippen molar-refractivity contribution in [3.8, 4) is 0 Å². The van der Waals surface area contributed by atoms with Gasteiger partial charge in [-0.25, -0.2) is 19.2 Å². The van der Waals surface area contributed by atoms with Crippen molar-refractivity contribution in [1.29, 1.82) is 0 Å². The molecule has 1 rings (SSSR count). The number of rotatable bonds is 0. The fourth-order valence-corrected chi connectivity index (χ4v) is 1.65. The first-order valence-electron chi connectivity index (χ1n) is 9.92. The molecule has 1 fully saturated rings. The Balaban J connectivity index is -0.000000459. The zero-order chi connectivity index (χ0) is 31.3. The van der Waals surface area contributed by atoms with Gasteiger partial charge in [0.2, 0.25) is 0 Å². The van der Waals surface area contributed by atoms with Crippen LogP contribution in [-0.4, -0.2) is 141 Å². The van der Waals surface area contributed by atoms with Gasteiger partial charge in [0.1, 0.15) is 26.4 Å². The summed E-state index contributed by atoms with van der Waals surface area (Å²) in [7, 11) is 38.9. The first kappa shape index (κ1) is 49.6. The van der Waals surface area contributed by atoms with E-state index in [0.29, 0.717) is 0 Å². The van der Waals surface area contributed by atoms with E-state index in [9.17, 15) is 19.2 Å². The standard InChI is InChI=1S/C16H24O12.8ClH.2Mn.2Sn/c17-13-14(18)27-11-7-23-3-4-24-8-12-28-16(20)15(19)26-10-6-22-2-1-21-5-9-25-13;;;;;;;;;;;;/h1-12H2;8*1H;;;;/q;;;;;;;;;4*+2/p-8. The van der Waals surface area contributed by atoms with Crippen LogP contribution in [0.4, 0.5) is 0 Å². The third-order valence-electron chi connectivity index (χ3n) is 2.92. The van der Waals surface area contributed by atoms with Crippen molar-refractivity contribution in [2.75, 3.05) is 79.3 Å². The van der Waals surface area contributed by atoms with Crippen molar-refractivity contribution in [2.45, 2.75) is 0 Å². The molecule has 238 valence electrons. The molecule has 0 bridgehead atoms. The topological polar surface area (TPSA) is 142 Å². The van der Waals surface area contributed by atoms with Crippen LogP contribution in [0.2, 0.25) is 0 Å². The van der Waals surface area contributed by atoms with Gasteiger partial charge in [-0.3, -0.25) is 0 Å². The molecule has 1 saturated heterocycles. The molecule has 0 amide bonds. The third-order valence-corrected chi connectivity index (χ3v) is 2.92. The predicted octanol–water partition coefficient (Wildman–Crippen LogP) is 2.99. The van der Waals surface area contributed by atoms with Gasteiger partial charge < -0.3 is 37.9 Å². The molecule has 0 spiro atoms. The number of halogens is 8. The second kappa shape index (κ2) is 46.1. The molecule has 24 heteroatoms. The summed E-state index contributed by atoms with van der Waals surface area (Å²) in [5.74, 6) is -4.47. The molecular formula is C16H24Cl8Mn2O12Sn2. The van der Waals surface area contributed by atoms with Gasteiger partial charge >= 0.3 is 164 Å². The van der Waals surface area contributed by atoms with Gasteiger partial charge in [0.05, 0.1) is 52.9 Å². The molecule has 0 N–H and O–H groups in total. The summed E-state index contributed by atoms with van der Waals surface area (Å²) in [6.45, 7) is 0.512. The Labute approximate surface area is 296 Å². The van der Waals surface area contributed by atoms with Crippen LogP contribution in [-0.2, 0) is 83.3 Å². The number of hydrogen-bond acceptors (Lipinski definition) is 12. The third kappa shape index (κ3) is 47.6. The number of carbonyl (C=O) groups is 4. The Morgan fingerprint density at radius 3 is 0.675 bits per heavy atom. The van der Waals surface area contributed by atoms with Crippen LogP contribution in [0, 0.1) is 0 Å². The van der Waals surface area contributed by atoms with E-state index in [1.807, 2.05) is 0 Å². The monoisotopic (exact) mass is 1040 g/mol. The molecule has 0 unspecified atom stereocenters. The quantitative estimate of drug-likeness (QED) is 0.153. The maximum atomic E-state index is 11.4. The van der Waals surface area contributed by atoms with Gasteiger partial charge in [-0.1, -0.05) is 0 Å². The molecule has 0 aliphatic carbocycles. The Bertz CT molecular complexity index is 502. The molecular weight excluding hydrogens is 1020 g/mol. The van der Waals surface area contributed by atoms with Crippen LogP contribution in [0.5, 0.6) is 0 Å². The molecule has 0 aromatic rings. The minimum absolute atomic E-state index is 0.00694. The summed E-state index contributed by atoms with van der Waals surface area (Å²) in [4.78, 5) is 45.4. The zero-order valence-corrected chi connectivity index (χ0v) is 34.3. The van der Waals surface area contributed by atoms with Crippen molar-refractivity contribution in [2.24, 2.45) is 0 Å². The van der Waals surface area contributed by atoms with E-state index in [1.54, 1.807) is 0 Å². The van der Waals surface area contributed by atoms with Gasteiger partial charge in [0, 0.05) is 0 Å². The van der Waals surface area contributed by atoms with Gasteiger partial charge in [-0.05, 0) is 0 Å². The molecule has 0 aromatic carbocycles. The fraction of sp³-hybridized carbons (Fsp3) is 0.750. The molecule has 0 saturated carbocycles. The first-order valence-corrected chi connectivity index (χ1v) is 30.9. The predicted molar refractivity (Wildman–Crippen MR) is 145 cm³/mol. The molecule has 1 aliphatic rings. The van der Waals surface area contributed by atoms with E-state index in [2.05, 4.69) is 18.9 Å². The summed E-state index contributed by atoms with van der Waals surface area (Å²) in [6, 6.07) is 0. The van der Waals surface area contributed by atoms with Gasteiger partial charge in [0.15, 0.2) is 0 Å². The summed E-state index contributed by atoms with van der Waals surface area (Å²) in [5.41, 5.74) is 0. The normalized spacial score (nSPS) is 16.8. The second-order valence-corrected chi connectivity index (χ2v) is 17.6. The van der Waals surface area contributed by atoms with Crippen molar-refractivity contribution in [3.63, 3.8) is 0 Å². The number of esters is 4. The van der Waals surface area contributed by atoms with Crippen molar-refractivity contribution >= 4 is 138 Å². The fourth-order valence-electron chi connectivity index (χ4n) is 1.65. The average Bonchev–Trinajstić information content (AvgIpc) is 2.91. The second-order valence-electron chi connectivity index (χ2n) is 5.24. The maximum absolute atomic E-state index is 11.4. The first-order chi connectivity index (χ1) is 19.3. The minimum atomic E-state index is -1.12. The van der Waals surface area contributed by atoms with Crippen LogP contribution >= 0.6 is 76.1 Å². The Morgan fingerprint density at radius 2 is 0.525 bits per heavy atom. The molecule has 0 atom stereocenters. The molecule has 12 nitrogen and oxygen atoms in total. The Morgan fingerprint density at radius 1 is 0.400 bits per heavy atom. The Kier molecular flexibility index (Phi) is 57.1. The average molecular weight is 1040 g/mol.